The molecule has 1 N–H and O–H groups in total. The van der Waals surface area contributed by atoms with E-state index in [4.69, 9.17) is 4.74 Å². The number of rotatable bonds is 8. The molecule has 0 aromatic heterocycles. The SMILES string of the molecule is CCc1ccc(C(CNC(=O)C(C)Oc2ccc(C)cc2)N(C)C)cc1. The van der Waals surface area contributed by atoms with Gasteiger partial charge in [0.05, 0.1) is 6.04 Å². The largest absolute Gasteiger partial charge is 0.481 e. The zero-order chi connectivity index (χ0) is 19.1. The Kier molecular flexibility index (Phi) is 7.22. The highest BCUT2D eigenvalue weighted by molar-refractivity contribution is 5.80. The van der Waals surface area contributed by atoms with Gasteiger partial charge in [0.25, 0.3) is 5.91 Å². The van der Waals surface area contributed by atoms with Gasteiger partial charge in [0.2, 0.25) is 0 Å². The smallest absolute Gasteiger partial charge is 0.260 e. The lowest BCUT2D eigenvalue weighted by Gasteiger charge is -2.26. The molecule has 0 aliphatic carbocycles. The number of carbonyl (C=O) groups excluding carboxylic acids is 1. The first kappa shape index (κ1) is 20.0. The maximum Gasteiger partial charge on any atom is 0.260 e. The zero-order valence-electron chi connectivity index (χ0n) is 16.5. The van der Waals surface area contributed by atoms with E-state index in [1.165, 1.54) is 11.1 Å². The van der Waals surface area contributed by atoms with Crippen LogP contribution in [0.1, 0.15) is 36.6 Å². The number of carbonyl (C=O) groups is 1. The number of aryl methyl sites for hydroxylation is 2. The minimum atomic E-state index is -0.539. The van der Waals surface area contributed by atoms with Crippen molar-refractivity contribution in [3.63, 3.8) is 0 Å². The van der Waals surface area contributed by atoms with Gasteiger partial charge in [-0.15, -0.1) is 0 Å². The summed E-state index contributed by atoms with van der Waals surface area (Å²) in [5.41, 5.74) is 3.67. The molecule has 2 rings (SSSR count). The van der Waals surface area contributed by atoms with Crippen molar-refractivity contribution in [1.29, 1.82) is 0 Å². The molecule has 0 aliphatic heterocycles. The molecule has 0 radical (unpaired) electrons. The van der Waals surface area contributed by atoms with Crippen molar-refractivity contribution in [2.45, 2.75) is 39.3 Å². The summed E-state index contributed by atoms with van der Waals surface area (Å²) in [5.74, 6) is 0.597. The molecule has 0 heterocycles. The topological polar surface area (TPSA) is 41.6 Å². The standard InChI is InChI=1S/C22H30N2O2/c1-6-18-9-11-19(12-10-18)21(24(4)5)15-23-22(25)17(3)26-20-13-7-16(2)8-14-20/h7-14,17,21H,6,15H2,1-5H3,(H,23,25). The Labute approximate surface area is 157 Å². The molecule has 2 aromatic carbocycles. The molecule has 4 heteroatoms. The number of hydrogen-bond acceptors (Lipinski definition) is 3. The zero-order valence-corrected chi connectivity index (χ0v) is 16.5. The van der Waals surface area contributed by atoms with E-state index < -0.39 is 6.10 Å². The highest BCUT2D eigenvalue weighted by Gasteiger charge is 2.19. The van der Waals surface area contributed by atoms with Crippen molar-refractivity contribution in [2.75, 3.05) is 20.6 Å². The van der Waals surface area contributed by atoms with E-state index in [9.17, 15) is 4.79 Å². The third kappa shape index (κ3) is 5.60. The van der Waals surface area contributed by atoms with E-state index in [2.05, 4.69) is 41.4 Å². The average Bonchev–Trinajstić information content (AvgIpc) is 2.63. The number of likely N-dealkylation sites (N-methyl/N-ethyl adjacent to an activating group) is 1. The van der Waals surface area contributed by atoms with Gasteiger partial charge in [0.15, 0.2) is 6.10 Å². The van der Waals surface area contributed by atoms with Crippen molar-refractivity contribution in [3.8, 4) is 5.75 Å². The molecule has 2 unspecified atom stereocenters. The molecule has 2 aromatic rings. The van der Waals surface area contributed by atoms with Crippen LogP contribution in [0, 0.1) is 6.92 Å². The minimum absolute atomic E-state index is 0.109. The quantitative estimate of drug-likeness (QED) is 0.785. The van der Waals surface area contributed by atoms with Crippen LogP contribution in [0.25, 0.3) is 0 Å². The predicted molar refractivity (Wildman–Crippen MR) is 107 cm³/mol. The summed E-state index contributed by atoms with van der Waals surface area (Å²) in [7, 11) is 4.05. The molecule has 1 amide bonds. The summed E-state index contributed by atoms with van der Waals surface area (Å²) in [6.07, 6.45) is 0.486. The summed E-state index contributed by atoms with van der Waals surface area (Å²) in [5, 5.41) is 3.02. The molecule has 140 valence electrons. The number of nitrogens with one attached hydrogen (secondary N) is 1. The third-order valence-electron chi connectivity index (χ3n) is 4.57. The summed E-state index contributed by atoms with van der Waals surface area (Å²) < 4.78 is 5.73. The van der Waals surface area contributed by atoms with Gasteiger partial charge >= 0.3 is 0 Å². The predicted octanol–water partition coefficient (Wildman–Crippen LogP) is 3.74. The number of nitrogens with zero attached hydrogens (tertiary/aromatic N) is 1. The van der Waals surface area contributed by atoms with Gasteiger partial charge in [0, 0.05) is 6.54 Å². The highest BCUT2D eigenvalue weighted by atomic mass is 16.5. The number of benzene rings is 2. The third-order valence-corrected chi connectivity index (χ3v) is 4.57. The molecule has 0 fully saturated rings. The molecule has 2 atom stereocenters. The lowest BCUT2D eigenvalue weighted by molar-refractivity contribution is -0.127. The Balaban J connectivity index is 1.94. The number of hydrogen-bond donors (Lipinski definition) is 1. The van der Waals surface area contributed by atoms with Crippen molar-refractivity contribution < 1.29 is 9.53 Å². The second-order valence-electron chi connectivity index (χ2n) is 6.89. The van der Waals surface area contributed by atoms with E-state index in [1.54, 1.807) is 6.92 Å². The molecule has 0 saturated heterocycles. The second-order valence-corrected chi connectivity index (χ2v) is 6.89. The van der Waals surface area contributed by atoms with Gasteiger partial charge in [-0.1, -0.05) is 48.9 Å². The Morgan fingerprint density at radius 3 is 2.23 bits per heavy atom. The lowest BCUT2D eigenvalue weighted by Crippen LogP contribution is -2.41. The molecular weight excluding hydrogens is 324 g/mol. The first-order chi connectivity index (χ1) is 12.4. The van der Waals surface area contributed by atoms with Crippen LogP contribution in [0.15, 0.2) is 48.5 Å². The van der Waals surface area contributed by atoms with E-state index in [0.717, 1.165) is 12.0 Å². The molecule has 0 saturated carbocycles. The van der Waals surface area contributed by atoms with E-state index >= 15 is 0 Å². The van der Waals surface area contributed by atoms with Crippen LogP contribution >= 0.6 is 0 Å². The van der Waals surface area contributed by atoms with Crippen LogP contribution in [0.4, 0.5) is 0 Å². The van der Waals surface area contributed by atoms with Gasteiger partial charge in [-0.2, -0.15) is 0 Å². The lowest BCUT2D eigenvalue weighted by atomic mass is 10.0. The molecule has 26 heavy (non-hydrogen) atoms. The van der Waals surface area contributed by atoms with Crippen LogP contribution in [-0.2, 0) is 11.2 Å². The van der Waals surface area contributed by atoms with Crippen LogP contribution in [0.5, 0.6) is 5.75 Å². The first-order valence-corrected chi connectivity index (χ1v) is 9.17. The van der Waals surface area contributed by atoms with Crippen molar-refractivity contribution in [1.82, 2.24) is 10.2 Å². The maximum absolute atomic E-state index is 12.4. The molecule has 0 spiro atoms. The van der Waals surface area contributed by atoms with Crippen molar-refractivity contribution in [3.05, 3.63) is 65.2 Å². The monoisotopic (exact) mass is 354 g/mol. The molecule has 0 bridgehead atoms. The summed E-state index contributed by atoms with van der Waals surface area (Å²) in [6, 6.07) is 16.4. The summed E-state index contributed by atoms with van der Waals surface area (Å²) in [6.45, 7) is 6.48. The summed E-state index contributed by atoms with van der Waals surface area (Å²) >= 11 is 0. The van der Waals surface area contributed by atoms with E-state index in [0.29, 0.717) is 12.3 Å². The highest BCUT2D eigenvalue weighted by Crippen LogP contribution is 2.19. The minimum Gasteiger partial charge on any atom is -0.481 e. The molecular formula is C22H30N2O2. The Morgan fingerprint density at radius 2 is 1.69 bits per heavy atom. The average molecular weight is 354 g/mol. The fourth-order valence-electron chi connectivity index (χ4n) is 2.79. The van der Waals surface area contributed by atoms with E-state index in [-0.39, 0.29) is 11.9 Å². The summed E-state index contributed by atoms with van der Waals surface area (Å²) in [4.78, 5) is 14.5. The van der Waals surface area contributed by atoms with Crippen molar-refractivity contribution >= 4 is 5.91 Å². The normalized spacial score (nSPS) is 13.3. The Hall–Kier alpha value is -2.33. The van der Waals surface area contributed by atoms with E-state index in [1.807, 2.05) is 45.3 Å². The fraction of sp³-hybridized carbons (Fsp3) is 0.409. The first-order valence-electron chi connectivity index (χ1n) is 9.17. The number of ether oxygens (including phenoxy) is 1. The fourth-order valence-corrected chi connectivity index (χ4v) is 2.79. The van der Waals surface area contributed by atoms with Gasteiger partial charge in [0.1, 0.15) is 5.75 Å². The van der Waals surface area contributed by atoms with Crippen LogP contribution < -0.4 is 10.1 Å². The van der Waals surface area contributed by atoms with Crippen molar-refractivity contribution in [2.24, 2.45) is 0 Å². The Bertz CT molecular complexity index is 693. The second kappa shape index (κ2) is 9.39. The number of amides is 1. The Morgan fingerprint density at radius 1 is 1.08 bits per heavy atom. The van der Waals surface area contributed by atoms with Crippen LogP contribution in [0.2, 0.25) is 0 Å². The van der Waals surface area contributed by atoms with Gasteiger partial charge in [-0.3, -0.25) is 4.79 Å². The van der Waals surface area contributed by atoms with Crippen LogP contribution in [0.3, 0.4) is 0 Å². The van der Waals surface area contributed by atoms with Gasteiger partial charge < -0.3 is 15.0 Å². The molecule has 4 nitrogen and oxygen atoms in total. The van der Waals surface area contributed by atoms with Gasteiger partial charge in [-0.05, 0) is 57.6 Å². The van der Waals surface area contributed by atoms with Crippen LogP contribution in [-0.4, -0.2) is 37.6 Å². The molecule has 0 aliphatic rings. The maximum atomic E-state index is 12.4. The van der Waals surface area contributed by atoms with Gasteiger partial charge in [-0.25, -0.2) is 0 Å².